The molecular formula is C22H20N6O2S3. The Morgan fingerprint density at radius 1 is 1.00 bits per heavy atom. The van der Waals surface area contributed by atoms with Crippen LogP contribution in [0.15, 0.2) is 64.1 Å². The van der Waals surface area contributed by atoms with Crippen LogP contribution in [-0.2, 0) is 10.5 Å². The van der Waals surface area contributed by atoms with Crippen LogP contribution in [0.4, 0.5) is 4.79 Å². The molecule has 1 aliphatic heterocycles. The second-order valence-corrected chi connectivity index (χ2v) is 10.5. The number of fused-ring (bicyclic) bond motifs is 1. The fourth-order valence-corrected chi connectivity index (χ4v) is 6.31. The van der Waals surface area contributed by atoms with Crippen LogP contribution in [0.1, 0.15) is 12.2 Å². The Morgan fingerprint density at radius 3 is 2.61 bits per heavy atom. The Bertz CT molecular complexity index is 1240. The highest BCUT2D eigenvalue weighted by molar-refractivity contribution is 8.00. The summed E-state index contributed by atoms with van der Waals surface area (Å²) in [6.45, 7) is 0.488. The second kappa shape index (κ2) is 9.94. The minimum Gasteiger partial charge on any atom is -0.329 e. The fraction of sp³-hybridized carbons (Fsp3) is 0.227. The Labute approximate surface area is 202 Å². The SMILES string of the molecule is O=C1CNC(=O)N1CCCSc1nnc(CSc2nc3ccccc3s2)n1-c1ccccc1. The molecule has 5 rings (SSSR count). The van der Waals surface area contributed by atoms with Gasteiger partial charge in [0.05, 0.1) is 22.5 Å². The predicted octanol–water partition coefficient (Wildman–Crippen LogP) is 4.20. The van der Waals surface area contributed by atoms with Crippen LogP contribution in [-0.4, -0.2) is 55.4 Å². The van der Waals surface area contributed by atoms with Crippen molar-refractivity contribution in [3.8, 4) is 5.69 Å². The average Bonchev–Trinajstić information content (AvgIpc) is 3.53. The van der Waals surface area contributed by atoms with Crippen molar-refractivity contribution in [3.63, 3.8) is 0 Å². The Morgan fingerprint density at radius 2 is 1.82 bits per heavy atom. The van der Waals surface area contributed by atoms with Crippen molar-refractivity contribution >= 4 is 57.0 Å². The van der Waals surface area contributed by atoms with Crippen LogP contribution in [0.5, 0.6) is 0 Å². The summed E-state index contributed by atoms with van der Waals surface area (Å²) in [5.74, 6) is 2.03. The highest BCUT2D eigenvalue weighted by atomic mass is 32.2. The monoisotopic (exact) mass is 496 g/mol. The lowest BCUT2D eigenvalue weighted by atomic mass is 10.3. The summed E-state index contributed by atoms with van der Waals surface area (Å²) < 4.78 is 4.24. The molecule has 33 heavy (non-hydrogen) atoms. The summed E-state index contributed by atoms with van der Waals surface area (Å²) >= 11 is 4.90. The van der Waals surface area contributed by atoms with E-state index in [1.165, 1.54) is 9.60 Å². The van der Waals surface area contributed by atoms with E-state index in [9.17, 15) is 9.59 Å². The molecule has 1 aliphatic rings. The highest BCUT2D eigenvalue weighted by Gasteiger charge is 2.27. The van der Waals surface area contributed by atoms with Crippen LogP contribution in [0.3, 0.4) is 0 Å². The van der Waals surface area contributed by atoms with Gasteiger partial charge in [0.1, 0.15) is 5.82 Å². The van der Waals surface area contributed by atoms with Gasteiger partial charge in [-0.2, -0.15) is 0 Å². The third-order valence-electron chi connectivity index (χ3n) is 5.01. The standard InChI is InChI=1S/C22H20N6O2S3/c29-19-13-23-20(30)27(19)11-6-12-31-21-26-25-18(28(21)15-7-2-1-3-8-15)14-32-22-24-16-9-4-5-10-17(16)33-22/h1-5,7-10H,6,11-14H2,(H,23,30). The molecule has 0 atom stereocenters. The number of nitrogens with one attached hydrogen (secondary N) is 1. The van der Waals surface area contributed by atoms with Crippen LogP contribution < -0.4 is 5.32 Å². The van der Waals surface area contributed by atoms with Gasteiger partial charge in [-0.3, -0.25) is 14.3 Å². The van der Waals surface area contributed by atoms with Gasteiger partial charge in [-0.05, 0) is 30.7 Å². The highest BCUT2D eigenvalue weighted by Crippen LogP contribution is 2.32. The number of nitrogens with zero attached hydrogens (tertiary/aromatic N) is 5. The molecule has 168 valence electrons. The van der Waals surface area contributed by atoms with E-state index in [-0.39, 0.29) is 18.5 Å². The summed E-state index contributed by atoms with van der Waals surface area (Å²) in [6, 6.07) is 17.8. The maximum Gasteiger partial charge on any atom is 0.324 e. The minimum absolute atomic E-state index is 0.0873. The van der Waals surface area contributed by atoms with Gasteiger partial charge in [0.2, 0.25) is 5.91 Å². The molecule has 1 N–H and O–H groups in total. The summed E-state index contributed by atoms with van der Waals surface area (Å²) in [4.78, 5) is 29.4. The van der Waals surface area contributed by atoms with Crippen molar-refractivity contribution in [3.05, 3.63) is 60.4 Å². The molecule has 0 bridgehead atoms. The molecule has 11 heteroatoms. The number of hydrogen-bond acceptors (Lipinski definition) is 8. The molecule has 1 saturated heterocycles. The number of imide groups is 1. The van der Waals surface area contributed by atoms with Gasteiger partial charge in [0.25, 0.3) is 0 Å². The van der Waals surface area contributed by atoms with Gasteiger partial charge in [0, 0.05) is 18.0 Å². The van der Waals surface area contributed by atoms with Gasteiger partial charge in [0.15, 0.2) is 9.50 Å². The predicted molar refractivity (Wildman–Crippen MR) is 131 cm³/mol. The Balaban J connectivity index is 1.28. The van der Waals surface area contributed by atoms with E-state index >= 15 is 0 Å². The maximum absolute atomic E-state index is 11.7. The van der Waals surface area contributed by atoms with E-state index in [4.69, 9.17) is 4.98 Å². The molecule has 4 aromatic rings. The molecule has 0 saturated carbocycles. The third-order valence-corrected chi connectivity index (χ3v) is 8.20. The van der Waals surface area contributed by atoms with E-state index in [0.717, 1.165) is 26.5 Å². The van der Waals surface area contributed by atoms with Crippen molar-refractivity contribution in [2.45, 2.75) is 21.7 Å². The third kappa shape index (κ3) is 4.90. The second-order valence-electron chi connectivity index (χ2n) is 7.21. The van der Waals surface area contributed by atoms with E-state index in [2.05, 4.69) is 26.1 Å². The molecule has 3 heterocycles. The fourth-order valence-electron chi connectivity index (χ4n) is 3.43. The number of thiazole rings is 1. The lowest BCUT2D eigenvalue weighted by Crippen LogP contribution is -2.32. The van der Waals surface area contributed by atoms with Gasteiger partial charge >= 0.3 is 6.03 Å². The van der Waals surface area contributed by atoms with Crippen LogP contribution >= 0.6 is 34.9 Å². The molecule has 0 radical (unpaired) electrons. The van der Waals surface area contributed by atoms with Gasteiger partial charge in [-0.25, -0.2) is 9.78 Å². The Kier molecular flexibility index (Phi) is 6.60. The van der Waals surface area contributed by atoms with Crippen LogP contribution in [0, 0.1) is 0 Å². The van der Waals surface area contributed by atoms with Gasteiger partial charge < -0.3 is 5.32 Å². The van der Waals surface area contributed by atoms with Gasteiger partial charge in [-0.15, -0.1) is 21.5 Å². The summed E-state index contributed by atoms with van der Waals surface area (Å²) in [6.07, 6.45) is 0.682. The van der Waals surface area contributed by atoms with Crippen molar-refractivity contribution in [2.24, 2.45) is 0 Å². The number of para-hydroxylation sites is 2. The van der Waals surface area contributed by atoms with E-state index in [1.54, 1.807) is 34.9 Å². The van der Waals surface area contributed by atoms with Crippen LogP contribution in [0.25, 0.3) is 15.9 Å². The molecule has 0 spiro atoms. The first-order valence-corrected chi connectivity index (χ1v) is 13.2. The van der Waals surface area contributed by atoms with Crippen molar-refractivity contribution in [1.29, 1.82) is 0 Å². The summed E-state index contributed by atoms with van der Waals surface area (Å²) in [5, 5.41) is 12.2. The Hall–Kier alpha value is -2.89. The first-order valence-electron chi connectivity index (χ1n) is 10.4. The minimum atomic E-state index is -0.313. The smallest absolute Gasteiger partial charge is 0.324 e. The normalized spacial score (nSPS) is 13.8. The number of carbonyl (C=O) groups excluding carboxylic acids is 2. The number of urea groups is 1. The number of benzene rings is 2. The average molecular weight is 497 g/mol. The first-order chi connectivity index (χ1) is 16.2. The largest absolute Gasteiger partial charge is 0.329 e. The molecule has 0 unspecified atom stereocenters. The van der Waals surface area contributed by atoms with Crippen LogP contribution in [0.2, 0.25) is 0 Å². The molecule has 8 nitrogen and oxygen atoms in total. The lowest BCUT2D eigenvalue weighted by molar-refractivity contribution is -0.124. The van der Waals surface area contributed by atoms with Gasteiger partial charge in [-0.1, -0.05) is 53.9 Å². The molecular weight excluding hydrogens is 476 g/mol. The maximum atomic E-state index is 11.7. The number of hydrogen-bond donors (Lipinski definition) is 1. The number of thioether (sulfide) groups is 2. The number of amides is 3. The summed E-state index contributed by atoms with van der Waals surface area (Å²) in [5.41, 5.74) is 2.01. The number of rotatable bonds is 9. The van der Waals surface area contributed by atoms with Crippen molar-refractivity contribution < 1.29 is 9.59 Å². The van der Waals surface area contributed by atoms with Crippen molar-refractivity contribution in [1.82, 2.24) is 30.0 Å². The van der Waals surface area contributed by atoms with E-state index in [0.29, 0.717) is 24.5 Å². The lowest BCUT2D eigenvalue weighted by Gasteiger charge is -2.12. The summed E-state index contributed by atoms with van der Waals surface area (Å²) in [7, 11) is 0. The van der Waals surface area contributed by atoms with E-state index < -0.39 is 0 Å². The first kappa shape index (κ1) is 21.9. The molecule has 3 amide bonds. The zero-order valence-corrected chi connectivity index (χ0v) is 20.0. The zero-order valence-electron chi connectivity index (χ0n) is 17.5. The molecule has 0 aliphatic carbocycles. The molecule has 2 aromatic carbocycles. The molecule has 2 aromatic heterocycles. The quantitative estimate of drug-likeness (QED) is 0.211. The number of aromatic nitrogens is 4. The molecule has 1 fully saturated rings. The topological polar surface area (TPSA) is 93.0 Å². The van der Waals surface area contributed by atoms with E-state index in [1.807, 2.05) is 48.5 Å². The number of carbonyl (C=O) groups is 2. The van der Waals surface area contributed by atoms with Crippen molar-refractivity contribution in [2.75, 3.05) is 18.8 Å². The zero-order chi connectivity index (χ0) is 22.6.